The Morgan fingerprint density at radius 3 is 1.87 bits per heavy atom. The van der Waals surface area contributed by atoms with Crippen LogP contribution in [-0.2, 0) is 0 Å². The van der Waals surface area contributed by atoms with Crippen LogP contribution in [-0.4, -0.2) is 0 Å². The zero-order chi connectivity index (χ0) is 22.1. The first-order chi connectivity index (χ1) is 14.8. The smallest absolute Gasteiger partial charge is 0.0234 e. The number of allylic oxidation sites excluding steroid dienone is 4. The Morgan fingerprint density at radius 2 is 1.13 bits per heavy atom. The number of hydrogen-bond donors (Lipinski definition) is 0. The van der Waals surface area contributed by atoms with Crippen molar-refractivity contribution in [3.63, 3.8) is 0 Å². The molecule has 0 N–H and O–H groups in total. The zero-order valence-electron chi connectivity index (χ0n) is 21.7. The fraction of sp³-hybridized carbons (Fsp3) is 0.867. The van der Waals surface area contributed by atoms with Gasteiger partial charge in [0.15, 0.2) is 0 Å². The molecule has 1 atom stereocenters. The van der Waals surface area contributed by atoms with Crippen LogP contribution in [0.1, 0.15) is 163 Å². The Morgan fingerprint density at radius 1 is 0.533 bits per heavy atom. The second kappa shape index (κ2) is 24.7. The SMILES string of the molecule is CCC/C=C(/CCCC)CCCCCCCC(/C=C/CCCCCCC)CCCC. The van der Waals surface area contributed by atoms with Gasteiger partial charge in [0.25, 0.3) is 0 Å². The predicted octanol–water partition coefficient (Wildman–Crippen LogP) is 11.4. The molecule has 0 fully saturated rings. The third-order valence-corrected chi connectivity index (χ3v) is 6.46. The first-order valence-electron chi connectivity index (χ1n) is 14.1. The van der Waals surface area contributed by atoms with E-state index < -0.39 is 0 Å². The number of unbranched alkanes of at least 4 members (excludes halogenated alkanes) is 12. The maximum atomic E-state index is 2.58. The fourth-order valence-corrected chi connectivity index (χ4v) is 4.33. The molecular weight excluding hydrogens is 360 g/mol. The molecule has 0 bridgehead atoms. The number of hydrogen-bond acceptors (Lipinski definition) is 0. The van der Waals surface area contributed by atoms with Crippen LogP contribution in [0.2, 0.25) is 0 Å². The average Bonchev–Trinajstić information content (AvgIpc) is 2.76. The molecule has 0 aliphatic carbocycles. The van der Waals surface area contributed by atoms with Crippen molar-refractivity contribution in [3.05, 3.63) is 23.8 Å². The van der Waals surface area contributed by atoms with Gasteiger partial charge in [-0.2, -0.15) is 0 Å². The molecule has 178 valence electrons. The van der Waals surface area contributed by atoms with E-state index in [0.717, 1.165) is 5.92 Å². The highest BCUT2D eigenvalue weighted by Gasteiger charge is 2.04. The van der Waals surface area contributed by atoms with Crippen molar-refractivity contribution in [1.29, 1.82) is 0 Å². The maximum Gasteiger partial charge on any atom is -0.0234 e. The summed E-state index contributed by atoms with van der Waals surface area (Å²) < 4.78 is 0. The van der Waals surface area contributed by atoms with Gasteiger partial charge in [0.2, 0.25) is 0 Å². The normalized spacial score (nSPS) is 13.4. The summed E-state index contributed by atoms with van der Waals surface area (Å²) in [6, 6.07) is 0. The molecule has 0 nitrogen and oxygen atoms in total. The molecule has 1 unspecified atom stereocenters. The summed E-state index contributed by atoms with van der Waals surface area (Å²) in [5.74, 6) is 0.846. The van der Waals surface area contributed by atoms with Gasteiger partial charge < -0.3 is 0 Å². The molecule has 0 radical (unpaired) electrons. The van der Waals surface area contributed by atoms with Gasteiger partial charge in [0.1, 0.15) is 0 Å². The topological polar surface area (TPSA) is 0 Å². The van der Waals surface area contributed by atoms with E-state index >= 15 is 0 Å². The lowest BCUT2D eigenvalue weighted by molar-refractivity contribution is 0.477. The molecule has 30 heavy (non-hydrogen) atoms. The molecule has 0 aromatic rings. The molecule has 0 saturated carbocycles. The van der Waals surface area contributed by atoms with Crippen molar-refractivity contribution in [2.75, 3.05) is 0 Å². The standard InChI is InChI=1S/C30H58/c1-5-9-13-14-15-17-20-27-30(25-12-8-4)28-22-19-16-18-21-26-29(23-10-6-2)24-11-7-3/h20,23,27,30H,5-19,21-22,24-26,28H2,1-4H3/b27-20+,29-23-. The Hall–Kier alpha value is -0.520. The van der Waals surface area contributed by atoms with E-state index in [-0.39, 0.29) is 0 Å². The molecule has 0 aliphatic rings. The highest BCUT2D eigenvalue weighted by atomic mass is 14.1. The molecule has 0 aromatic heterocycles. The third kappa shape index (κ3) is 20.7. The van der Waals surface area contributed by atoms with Crippen molar-refractivity contribution in [1.82, 2.24) is 0 Å². The summed E-state index contributed by atoms with van der Waals surface area (Å²) in [5.41, 5.74) is 1.75. The van der Waals surface area contributed by atoms with Crippen LogP contribution in [0.4, 0.5) is 0 Å². The van der Waals surface area contributed by atoms with Gasteiger partial charge in [-0.15, -0.1) is 0 Å². The molecular formula is C30H58. The second-order valence-corrected chi connectivity index (χ2v) is 9.59. The van der Waals surface area contributed by atoms with Crippen molar-refractivity contribution in [2.45, 2.75) is 163 Å². The van der Waals surface area contributed by atoms with E-state index in [0.29, 0.717) is 0 Å². The molecule has 0 saturated heterocycles. The average molecular weight is 419 g/mol. The Kier molecular flexibility index (Phi) is 24.3. The van der Waals surface area contributed by atoms with E-state index in [1.165, 1.54) is 135 Å². The molecule has 0 spiro atoms. The van der Waals surface area contributed by atoms with Crippen molar-refractivity contribution in [2.24, 2.45) is 5.92 Å². The lowest BCUT2D eigenvalue weighted by Gasteiger charge is -2.12. The third-order valence-electron chi connectivity index (χ3n) is 6.46. The zero-order valence-corrected chi connectivity index (χ0v) is 21.7. The van der Waals surface area contributed by atoms with Gasteiger partial charge in [-0.05, 0) is 63.7 Å². The van der Waals surface area contributed by atoms with Gasteiger partial charge in [-0.1, -0.05) is 129 Å². The van der Waals surface area contributed by atoms with Gasteiger partial charge in [0, 0.05) is 0 Å². The van der Waals surface area contributed by atoms with Crippen LogP contribution in [0.5, 0.6) is 0 Å². The fourth-order valence-electron chi connectivity index (χ4n) is 4.33. The number of rotatable bonds is 23. The van der Waals surface area contributed by atoms with Crippen LogP contribution in [0.15, 0.2) is 23.8 Å². The molecule has 0 heteroatoms. The molecule has 0 aliphatic heterocycles. The summed E-state index contributed by atoms with van der Waals surface area (Å²) in [6.07, 6.45) is 36.7. The molecule has 0 aromatic carbocycles. The summed E-state index contributed by atoms with van der Waals surface area (Å²) in [6.45, 7) is 9.24. The summed E-state index contributed by atoms with van der Waals surface area (Å²) in [4.78, 5) is 0. The molecule has 0 rings (SSSR count). The van der Waals surface area contributed by atoms with Crippen LogP contribution >= 0.6 is 0 Å². The predicted molar refractivity (Wildman–Crippen MR) is 140 cm³/mol. The molecule has 0 amide bonds. The largest absolute Gasteiger partial charge is 0.0883 e. The van der Waals surface area contributed by atoms with Gasteiger partial charge in [-0.25, -0.2) is 0 Å². The minimum absolute atomic E-state index is 0.846. The quantitative estimate of drug-likeness (QED) is 0.114. The van der Waals surface area contributed by atoms with Crippen LogP contribution in [0.3, 0.4) is 0 Å². The Labute approximate surface area is 192 Å². The second-order valence-electron chi connectivity index (χ2n) is 9.59. The monoisotopic (exact) mass is 418 g/mol. The van der Waals surface area contributed by atoms with E-state index in [9.17, 15) is 0 Å². The first kappa shape index (κ1) is 29.5. The maximum absolute atomic E-state index is 2.58. The Balaban J connectivity index is 3.92. The van der Waals surface area contributed by atoms with Gasteiger partial charge in [-0.3, -0.25) is 0 Å². The van der Waals surface area contributed by atoms with Gasteiger partial charge in [0.05, 0.1) is 0 Å². The van der Waals surface area contributed by atoms with E-state index in [4.69, 9.17) is 0 Å². The highest BCUT2D eigenvalue weighted by molar-refractivity contribution is 5.01. The Bertz CT molecular complexity index is 375. The van der Waals surface area contributed by atoms with E-state index in [1.807, 2.05) is 0 Å². The van der Waals surface area contributed by atoms with Crippen LogP contribution in [0, 0.1) is 5.92 Å². The van der Waals surface area contributed by atoms with Crippen molar-refractivity contribution < 1.29 is 0 Å². The first-order valence-corrected chi connectivity index (χ1v) is 14.1. The van der Waals surface area contributed by atoms with Crippen LogP contribution < -0.4 is 0 Å². The van der Waals surface area contributed by atoms with Gasteiger partial charge >= 0.3 is 0 Å². The lowest BCUT2D eigenvalue weighted by atomic mass is 9.94. The van der Waals surface area contributed by atoms with Crippen LogP contribution in [0.25, 0.3) is 0 Å². The summed E-state index contributed by atoms with van der Waals surface area (Å²) in [5, 5.41) is 0. The molecule has 0 heterocycles. The minimum Gasteiger partial charge on any atom is -0.0883 e. The summed E-state index contributed by atoms with van der Waals surface area (Å²) in [7, 11) is 0. The van der Waals surface area contributed by atoms with E-state index in [1.54, 1.807) is 5.57 Å². The van der Waals surface area contributed by atoms with E-state index in [2.05, 4.69) is 45.9 Å². The summed E-state index contributed by atoms with van der Waals surface area (Å²) >= 11 is 0. The van der Waals surface area contributed by atoms with Crippen molar-refractivity contribution >= 4 is 0 Å². The highest BCUT2D eigenvalue weighted by Crippen LogP contribution is 2.21. The lowest BCUT2D eigenvalue weighted by Crippen LogP contribution is -1.97. The van der Waals surface area contributed by atoms with Crippen molar-refractivity contribution in [3.8, 4) is 0 Å². The minimum atomic E-state index is 0.846.